The molecule has 0 spiro atoms. The molecule has 0 radical (unpaired) electrons. The smallest absolute Gasteiger partial charge is 0.158 e. The van der Waals surface area contributed by atoms with E-state index in [-0.39, 0.29) is 0 Å². The molecule has 0 aromatic rings. The summed E-state index contributed by atoms with van der Waals surface area (Å²) >= 11 is 1.45. The molecule has 3 nitrogen and oxygen atoms in total. The van der Waals surface area contributed by atoms with Gasteiger partial charge >= 0.3 is 0 Å². The predicted octanol–water partition coefficient (Wildman–Crippen LogP) is 1.65. The summed E-state index contributed by atoms with van der Waals surface area (Å²) in [7, 11) is 0. The molecule has 0 rings (SSSR count). The molecular weight excluding hydrogens is 146 g/mol. The molecule has 0 heterocycles. The Balaban J connectivity index is 3.13. The van der Waals surface area contributed by atoms with Crippen LogP contribution in [0.1, 0.15) is 19.8 Å². The standard InChI is InChI=1S/C6H13N3S/c1-2-3-4-10-6(8)9-5-7/h5H,2-4H2,1H3,(H3,7,8,9). The molecule has 0 unspecified atom stereocenters. The van der Waals surface area contributed by atoms with Crippen LogP contribution < -0.4 is 5.32 Å². The number of unbranched alkanes of at least 4 members (excludes halogenated alkanes) is 1. The van der Waals surface area contributed by atoms with Crippen molar-refractivity contribution in [1.29, 1.82) is 10.8 Å². The Bertz CT molecular complexity index is 114. The van der Waals surface area contributed by atoms with Crippen LogP contribution in [0.4, 0.5) is 0 Å². The molecule has 0 aliphatic heterocycles. The van der Waals surface area contributed by atoms with Crippen LogP contribution in [0.5, 0.6) is 0 Å². The fraction of sp³-hybridized carbons (Fsp3) is 0.667. The lowest BCUT2D eigenvalue weighted by Crippen LogP contribution is -2.16. The summed E-state index contributed by atoms with van der Waals surface area (Å²) in [5.41, 5.74) is 0. The van der Waals surface area contributed by atoms with E-state index in [2.05, 4.69) is 12.2 Å². The van der Waals surface area contributed by atoms with Crippen molar-refractivity contribution in [2.24, 2.45) is 0 Å². The van der Waals surface area contributed by atoms with Gasteiger partial charge in [-0.05, 0) is 6.42 Å². The van der Waals surface area contributed by atoms with Crippen LogP contribution in [0.2, 0.25) is 0 Å². The maximum absolute atomic E-state index is 7.17. The van der Waals surface area contributed by atoms with Gasteiger partial charge in [-0.3, -0.25) is 10.8 Å². The monoisotopic (exact) mass is 159 g/mol. The Morgan fingerprint density at radius 3 is 2.90 bits per heavy atom. The lowest BCUT2D eigenvalue weighted by molar-refractivity contribution is 0.898. The number of nitrogens with one attached hydrogen (secondary N) is 3. The van der Waals surface area contributed by atoms with Gasteiger partial charge in [0.1, 0.15) is 0 Å². The molecule has 0 aliphatic rings. The highest BCUT2D eigenvalue weighted by Gasteiger charge is 1.92. The van der Waals surface area contributed by atoms with Crippen LogP contribution in [-0.2, 0) is 0 Å². The molecule has 0 aromatic heterocycles. The van der Waals surface area contributed by atoms with Gasteiger partial charge in [-0.2, -0.15) is 0 Å². The highest BCUT2D eigenvalue weighted by Crippen LogP contribution is 2.02. The van der Waals surface area contributed by atoms with Gasteiger partial charge in [0.2, 0.25) is 0 Å². The van der Waals surface area contributed by atoms with Gasteiger partial charge in [-0.1, -0.05) is 25.1 Å². The van der Waals surface area contributed by atoms with Gasteiger partial charge in [0.05, 0.1) is 6.34 Å². The van der Waals surface area contributed by atoms with E-state index in [1.54, 1.807) is 0 Å². The lowest BCUT2D eigenvalue weighted by Gasteiger charge is -1.99. The average Bonchev–Trinajstić information content (AvgIpc) is 1.89. The van der Waals surface area contributed by atoms with Crippen molar-refractivity contribution in [3.8, 4) is 0 Å². The van der Waals surface area contributed by atoms with E-state index in [0.717, 1.165) is 24.9 Å². The highest BCUT2D eigenvalue weighted by molar-refractivity contribution is 8.13. The van der Waals surface area contributed by atoms with Gasteiger partial charge in [0.25, 0.3) is 0 Å². The Morgan fingerprint density at radius 1 is 1.70 bits per heavy atom. The summed E-state index contributed by atoms with van der Waals surface area (Å²) in [6, 6.07) is 0. The molecule has 4 heteroatoms. The first kappa shape index (κ1) is 9.49. The summed E-state index contributed by atoms with van der Waals surface area (Å²) in [5.74, 6) is 0.968. The Kier molecular flexibility index (Phi) is 6.27. The summed E-state index contributed by atoms with van der Waals surface area (Å²) in [5, 5.41) is 16.6. The molecule has 0 saturated carbocycles. The minimum Gasteiger partial charge on any atom is -0.327 e. The number of amidine groups is 1. The molecule has 58 valence electrons. The van der Waals surface area contributed by atoms with Crippen LogP contribution >= 0.6 is 11.8 Å². The van der Waals surface area contributed by atoms with Crippen molar-refractivity contribution in [3.05, 3.63) is 0 Å². The molecule has 0 aliphatic carbocycles. The number of hydrogen-bond donors (Lipinski definition) is 3. The molecular formula is C6H13N3S. The Morgan fingerprint density at radius 2 is 2.40 bits per heavy atom. The van der Waals surface area contributed by atoms with Gasteiger partial charge in [-0.25, -0.2) is 0 Å². The number of hydrogen-bond acceptors (Lipinski definition) is 3. The zero-order chi connectivity index (χ0) is 7.82. The molecule has 0 atom stereocenters. The Hall–Kier alpha value is -0.510. The molecule has 0 amide bonds. The van der Waals surface area contributed by atoms with E-state index >= 15 is 0 Å². The molecule has 0 fully saturated rings. The fourth-order valence-corrected chi connectivity index (χ4v) is 1.21. The first-order valence-corrected chi connectivity index (χ1v) is 4.26. The fourth-order valence-electron chi connectivity index (χ4n) is 0.426. The third-order valence-corrected chi connectivity index (χ3v) is 1.85. The molecule has 3 N–H and O–H groups in total. The topological polar surface area (TPSA) is 59.7 Å². The minimum atomic E-state index is 0.364. The van der Waals surface area contributed by atoms with E-state index in [1.165, 1.54) is 11.8 Å². The lowest BCUT2D eigenvalue weighted by atomic mass is 10.4. The van der Waals surface area contributed by atoms with E-state index in [1.807, 2.05) is 0 Å². The van der Waals surface area contributed by atoms with E-state index in [0.29, 0.717) is 5.17 Å². The largest absolute Gasteiger partial charge is 0.327 e. The molecule has 0 saturated heterocycles. The second kappa shape index (κ2) is 6.61. The van der Waals surface area contributed by atoms with E-state index in [4.69, 9.17) is 10.8 Å². The van der Waals surface area contributed by atoms with Gasteiger partial charge in [-0.15, -0.1) is 0 Å². The van der Waals surface area contributed by atoms with Crippen molar-refractivity contribution in [3.63, 3.8) is 0 Å². The summed E-state index contributed by atoms with van der Waals surface area (Å²) in [4.78, 5) is 0. The summed E-state index contributed by atoms with van der Waals surface area (Å²) in [6.45, 7) is 2.12. The predicted molar refractivity (Wildman–Crippen MR) is 47.0 cm³/mol. The Labute approximate surface area is 65.6 Å². The maximum atomic E-state index is 7.17. The van der Waals surface area contributed by atoms with Crippen molar-refractivity contribution in [2.45, 2.75) is 19.8 Å². The van der Waals surface area contributed by atoms with Crippen LogP contribution in [0.3, 0.4) is 0 Å². The van der Waals surface area contributed by atoms with Crippen LogP contribution in [-0.4, -0.2) is 17.3 Å². The second-order valence-electron chi connectivity index (χ2n) is 1.82. The van der Waals surface area contributed by atoms with Crippen LogP contribution in [0.15, 0.2) is 0 Å². The van der Waals surface area contributed by atoms with Crippen molar-refractivity contribution < 1.29 is 0 Å². The molecule has 10 heavy (non-hydrogen) atoms. The third-order valence-electron chi connectivity index (χ3n) is 0.948. The van der Waals surface area contributed by atoms with Crippen LogP contribution in [0.25, 0.3) is 0 Å². The number of thioether (sulfide) groups is 1. The normalized spacial score (nSPS) is 8.90. The van der Waals surface area contributed by atoms with E-state index in [9.17, 15) is 0 Å². The SMILES string of the molecule is CCCCSC(=N)NC=N. The van der Waals surface area contributed by atoms with Crippen molar-refractivity contribution in [2.75, 3.05) is 5.75 Å². The summed E-state index contributed by atoms with van der Waals surface area (Å²) < 4.78 is 0. The first-order chi connectivity index (χ1) is 4.81. The maximum Gasteiger partial charge on any atom is 0.158 e. The van der Waals surface area contributed by atoms with Crippen molar-refractivity contribution in [1.82, 2.24) is 5.32 Å². The van der Waals surface area contributed by atoms with Gasteiger partial charge in [0.15, 0.2) is 5.17 Å². The first-order valence-electron chi connectivity index (χ1n) is 3.28. The second-order valence-corrected chi connectivity index (χ2v) is 2.92. The third kappa shape index (κ3) is 5.62. The minimum absolute atomic E-state index is 0.364. The van der Waals surface area contributed by atoms with E-state index < -0.39 is 0 Å². The van der Waals surface area contributed by atoms with Gasteiger partial charge < -0.3 is 5.32 Å². The average molecular weight is 159 g/mol. The summed E-state index contributed by atoms with van der Waals surface area (Å²) in [6.07, 6.45) is 3.32. The highest BCUT2D eigenvalue weighted by atomic mass is 32.2. The molecule has 0 bridgehead atoms. The zero-order valence-corrected chi connectivity index (χ0v) is 6.92. The zero-order valence-electron chi connectivity index (χ0n) is 6.11. The van der Waals surface area contributed by atoms with Crippen LogP contribution in [0, 0.1) is 10.8 Å². The number of rotatable bonds is 4. The van der Waals surface area contributed by atoms with Crippen molar-refractivity contribution >= 4 is 23.3 Å². The van der Waals surface area contributed by atoms with Gasteiger partial charge in [0, 0.05) is 5.75 Å². The molecule has 0 aromatic carbocycles. The quantitative estimate of drug-likeness (QED) is 0.332.